The zero-order valence-electron chi connectivity index (χ0n) is 30.5. The molecule has 0 aromatic heterocycles. The third-order valence-electron chi connectivity index (χ3n) is 9.21. The molecule has 45 heavy (non-hydrogen) atoms. The maximum absolute atomic E-state index is 11.2. The summed E-state index contributed by atoms with van der Waals surface area (Å²) in [4.78, 5) is 22.3. The third kappa shape index (κ3) is 32.6. The van der Waals surface area contributed by atoms with Gasteiger partial charge >= 0.3 is 11.9 Å². The number of unbranched alkanes of at least 4 members (excludes halogenated alkanes) is 18. The van der Waals surface area contributed by atoms with E-state index in [-0.39, 0.29) is 18.5 Å². The van der Waals surface area contributed by atoms with E-state index < -0.39 is 0 Å². The van der Waals surface area contributed by atoms with Crippen molar-refractivity contribution in [2.24, 2.45) is 5.92 Å². The van der Waals surface area contributed by atoms with Gasteiger partial charge < -0.3 is 18.9 Å². The van der Waals surface area contributed by atoms with Crippen LogP contribution in [0.5, 0.6) is 0 Å². The summed E-state index contributed by atoms with van der Waals surface area (Å²) < 4.78 is 21.3. The number of rotatable bonds is 36. The van der Waals surface area contributed by atoms with Crippen LogP contribution in [0.2, 0.25) is 0 Å². The van der Waals surface area contributed by atoms with Gasteiger partial charge in [-0.05, 0) is 38.0 Å². The largest absolute Gasteiger partial charge is 0.469 e. The quantitative estimate of drug-likeness (QED) is 0.0501. The van der Waals surface area contributed by atoms with Crippen LogP contribution in [0, 0.1) is 5.92 Å². The second-order valence-corrected chi connectivity index (χ2v) is 13.3. The van der Waals surface area contributed by atoms with Gasteiger partial charge in [0.25, 0.3) is 0 Å². The minimum absolute atomic E-state index is 0.0716. The van der Waals surface area contributed by atoms with Gasteiger partial charge in [-0.2, -0.15) is 0 Å². The molecular formula is C39H76O6. The molecule has 0 aliphatic rings. The molecule has 2 unspecified atom stereocenters. The first-order chi connectivity index (χ1) is 22.1. The second-order valence-electron chi connectivity index (χ2n) is 13.3. The fraction of sp³-hybridized carbons (Fsp3) is 0.949. The van der Waals surface area contributed by atoms with E-state index in [1.165, 1.54) is 168 Å². The smallest absolute Gasteiger partial charge is 0.331 e. The van der Waals surface area contributed by atoms with E-state index in [4.69, 9.17) is 14.2 Å². The average molecular weight is 641 g/mol. The predicted molar refractivity (Wildman–Crippen MR) is 189 cm³/mol. The Morgan fingerprint density at radius 1 is 0.467 bits per heavy atom. The van der Waals surface area contributed by atoms with Crippen molar-refractivity contribution >= 4 is 11.9 Å². The van der Waals surface area contributed by atoms with Crippen LogP contribution in [-0.2, 0) is 28.5 Å². The van der Waals surface area contributed by atoms with E-state index in [9.17, 15) is 9.59 Å². The van der Waals surface area contributed by atoms with Crippen LogP contribution in [0.4, 0.5) is 0 Å². The third-order valence-corrected chi connectivity index (χ3v) is 9.21. The molecule has 0 N–H and O–H groups in total. The van der Waals surface area contributed by atoms with Crippen molar-refractivity contribution < 1.29 is 28.5 Å². The number of esters is 2. The number of ether oxygens (including phenoxy) is 4. The van der Waals surface area contributed by atoms with E-state index in [2.05, 4.69) is 18.6 Å². The highest BCUT2D eigenvalue weighted by Crippen LogP contribution is 2.24. The van der Waals surface area contributed by atoms with Crippen LogP contribution in [0.25, 0.3) is 0 Å². The Morgan fingerprint density at radius 2 is 0.911 bits per heavy atom. The number of hydrogen-bond acceptors (Lipinski definition) is 6. The summed E-state index contributed by atoms with van der Waals surface area (Å²) in [6, 6.07) is 0. The Balaban J connectivity index is 4.29. The Hall–Kier alpha value is -1.14. The van der Waals surface area contributed by atoms with Crippen LogP contribution in [0.1, 0.15) is 194 Å². The van der Waals surface area contributed by atoms with Crippen LogP contribution >= 0.6 is 0 Å². The van der Waals surface area contributed by atoms with E-state index in [1.807, 2.05) is 0 Å². The Labute approximate surface area is 279 Å². The van der Waals surface area contributed by atoms with Crippen LogP contribution in [0.15, 0.2) is 0 Å². The van der Waals surface area contributed by atoms with Crippen molar-refractivity contribution in [3.8, 4) is 0 Å². The molecule has 0 saturated heterocycles. The number of carbonyl (C=O) groups is 2. The Bertz CT molecular complexity index is 573. The van der Waals surface area contributed by atoms with Gasteiger partial charge in [0.15, 0.2) is 0 Å². The van der Waals surface area contributed by atoms with E-state index in [0.29, 0.717) is 19.1 Å². The molecular weight excluding hydrogens is 564 g/mol. The topological polar surface area (TPSA) is 71.1 Å². The summed E-state index contributed by atoms with van der Waals surface area (Å²) in [6.07, 6.45) is 35.4. The predicted octanol–water partition coefficient (Wildman–Crippen LogP) is 11.3. The molecule has 0 aliphatic carbocycles. The molecule has 0 aliphatic heterocycles. The van der Waals surface area contributed by atoms with E-state index in [0.717, 1.165) is 31.8 Å². The van der Waals surface area contributed by atoms with Crippen LogP contribution in [0.3, 0.4) is 0 Å². The molecule has 268 valence electrons. The molecule has 2 atom stereocenters. The fourth-order valence-electron chi connectivity index (χ4n) is 6.17. The lowest BCUT2D eigenvalue weighted by atomic mass is 9.92. The lowest BCUT2D eigenvalue weighted by Gasteiger charge is -2.21. The SMILES string of the molecule is CCCCCCC(CCCCCCCCOCC(=O)OC)CCOC(CCCCCC)CCCCCCCCCCC(=O)OC. The van der Waals surface area contributed by atoms with Gasteiger partial charge in [0.1, 0.15) is 6.61 Å². The fourth-order valence-corrected chi connectivity index (χ4v) is 6.17. The second kappa shape index (κ2) is 35.7. The van der Waals surface area contributed by atoms with Crippen molar-refractivity contribution in [1.82, 2.24) is 0 Å². The van der Waals surface area contributed by atoms with Crippen molar-refractivity contribution in [2.45, 2.75) is 200 Å². The summed E-state index contributed by atoms with van der Waals surface area (Å²) in [5, 5.41) is 0. The molecule has 6 nitrogen and oxygen atoms in total. The zero-order chi connectivity index (χ0) is 33.1. The van der Waals surface area contributed by atoms with Gasteiger partial charge in [-0.25, -0.2) is 4.79 Å². The average Bonchev–Trinajstić information content (AvgIpc) is 3.05. The maximum Gasteiger partial charge on any atom is 0.331 e. The molecule has 6 heteroatoms. The van der Waals surface area contributed by atoms with Gasteiger partial charge in [-0.15, -0.1) is 0 Å². The van der Waals surface area contributed by atoms with Gasteiger partial charge in [0.05, 0.1) is 20.3 Å². The lowest BCUT2D eigenvalue weighted by Crippen LogP contribution is -2.16. The highest BCUT2D eigenvalue weighted by Gasteiger charge is 2.13. The van der Waals surface area contributed by atoms with Crippen LogP contribution < -0.4 is 0 Å². The minimum atomic E-state index is -0.295. The van der Waals surface area contributed by atoms with Crippen molar-refractivity contribution in [2.75, 3.05) is 34.0 Å². The van der Waals surface area contributed by atoms with E-state index >= 15 is 0 Å². The molecule has 0 rings (SSSR count). The minimum Gasteiger partial charge on any atom is -0.469 e. The number of methoxy groups -OCH3 is 2. The van der Waals surface area contributed by atoms with Gasteiger partial charge in [0.2, 0.25) is 0 Å². The summed E-state index contributed by atoms with van der Waals surface area (Å²) in [5.74, 6) is 0.433. The van der Waals surface area contributed by atoms with Gasteiger partial charge in [-0.1, -0.05) is 155 Å². The van der Waals surface area contributed by atoms with Gasteiger partial charge in [0, 0.05) is 19.6 Å². The summed E-state index contributed by atoms with van der Waals surface area (Å²) in [7, 11) is 2.87. The summed E-state index contributed by atoms with van der Waals surface area (Å²) in [6.45, 7) is 6.25. The molecule has 0 spiro atoms. The highest BCUT2D eigenvalue weighted by atomic mass is 16.6. The molecule has 0 amide bonds. The van der Waals surface area contributed by atoms with Crippen molar-refractivity contribution in [3.63, 3.8) is 0 Å². The molecule has 0 fully saturated rings. The van der Waals surface area contributed by atoms with E-state index in [1.54, 1.807) is 0 Å². The molecule has 0 radical (unpaired) electrons. The van der Waals surface area contributed by atoms with Crippen LogP contribution in [-0.4, -0.2) is 52.1 Å². The Kier molecular flexibility index (Phi) is 34.8. The Morgan fingerprint density at radius 3 is 1.42 bits per heavy atom. The number of carbonyl (C=O) groups excluding carboxylic acids is 2. The molecule has 0 heterocycles. The number of hydrogen-bond donors (Lipinski definition) is 0. The molecule has 0 saturated carbocycles. The lowest BCUT2D eigenvalue weighted by molar-refractivity contribution is -0.146. The maximum atomic E-state index is 11.2. The first-order valence-corrected chi connectivity index (χ1v) is 19.4. The zero-order valence-corrected chi connectivity index (χ0v) is 30.5. The normalized spacial score (nSPS) is 12.7. The summed E-state index contributed by atoms with van der Waals surface area (Å²) in [5.41, 5.74) is 0. The monoisotopic (exact) mass is 641 g/mol. The van der Waals surface area contributed by atoms with Crippen molar-refractivity contribution in [3.05, 3.63) is 0 Å². The summed E-state index contributed by atoms with van der Waals surface area (Å²) >= 11 is 0. The first kappa shape index (κ1) is 43.9. The molecule has 0 bridgehead atoms. The molecule has 0 aromatic rings. The van der Waals surface area contributed by atoms with Crippen molar-refractivity contribution in [1.29, 1.82) is 0 Å². The van der Waals surface area contributed by atoms with Gasteiger partial charge in [-0.3, -0.25) is 4.79 Å². The molecule has 0 aromatic carbocycles. The highest BCUT2D eigenvalue weighted by molar-refractivity contribution is 5.70. The first-order valence-electron chi connectivity index (χ1n) is 19.4. The standard InChI is InChI=1S/C39H76O6/c1-5-7-9-21-27-36(28-22-17-15-16-20-26-33-44-35-39(41)43-4)32-34-45-37(29-23-10-8-6-2)30-24-18-13-11-12-14-19-25-31-38(40)42-3/h36-37H,5-35H2,1-4H3.